The number of hydrogen-bond acceptors (Lipinski definition) is 8. The van der Waals surface area contributed by atoms with E-state index < -0.39 is 17.6 Å². The molecule has 3 N–H and O–H groups in total. The van der Waals surface area contributed by atoms with Crippen molar-refractivity contribution in [3.8, 4) is 17.2 Å². The predicted octanol–water partition coefficient (Wildman–Crippen LogP) is 5.43. The number of aliphatic hydroxyl groups excluding tert-OH is 1. The van der Waals surface area contributed by atoms with Gasteiger partial charge in [-0.1, -0.05) is 41.4 Å². The lowest BCUT2D eigenvalue weighted by Crippen LogP contribution is -2.52. The molecule has 0 unspecified atom stereocenters. The van der Waals surface area contributed by atoms with Gasteiger partial charge in [0.1, 0.15) is 5.75 Å². The minimum absolute atomic E-state index is 0.0496. The van der Waals surface area contributed by atoms with Crippen LogP contribution in [0.4, 0.5) is 0 Å². The van der Waals surface area contributed by atoms with Gasteiger partial charge in [-0.25, -0.2) is 10.4 Å². The Hall–Kier alpha value is -3.76. The Morgan fingerprint density at radius 2 is 1.86 bits per heavy atom. The number of nitrogens with one attached hydrogen (secondary N) is 2. The molecule has 0 aromatic heterocycles. The fourth-order valence-electron chi connectivity index (χ4n) is 4.55. The standard InChI is InChI=1S/C31H33Cl2N3O6/c1-4-14-31(30(38)36-34-19-20-6-13-26(39-2)27(17-20)40-3)28(24-12-9-22(32)18-25(24)33)42-29(35-31)21-7-10-23(11-8-21)41-16-5-15-37/h4,6-13,17-18,28,34,37H,1,5,14-16,19H2,2-3H3,(H,36,38)/t28-,31-/m0/s1. The van der Waals surface area contributed by atoms with Crippen molar-refractivity contribution in [2.45, 2.75) is 31.0 Å². The molecule has 11 heteroatoms. The molecule has 1 amide bonds. The summed E-state index contributed by atoms with van der Waals surface area (Å²) in [6.45, 7) is 4.63. The van der Waals surface area contributed by atoms with Crippen LogP contribution in [0.2, 0.25) is 10.0 Å². The van der Waals surface area contributed by atoms with Crippen LogP contribution in [0.15, 0.2) is 78.3 Å². The molecule has 0 spiro atoms. The Morgan fingerprint density at radius 1 is 1.10 bits per heavy atom. The Morgan fingerprint density at radius 3 is 2.52 bits per heavy atom. The number of rotatable bonds is 14. The van der Waals surface area contributed by atoms with Crippen LogP contribution < -0.4 is 25.1 Å². The molecule has 0 saturated heterocycles. The summed E-state index contributed by atoms with van der Waals surface area (Å²) in [6.07, 6.45) is 1.43. The molecule has 2 atom stereocenters. The van der Waals surface area contributed by atoms with E-state index in [1.165, 1.54) is 0 Å². The molecule has 222 valence electrons. The molecule has 3 aromatic carbocycles. The van der Waals surface area contributed by atoms with Crippen molar-refractivity contribution in [1.29, 1.82) is 0 Å². The molecule has 9 nitrogen and oxygen atoms in total. The zero-order chi connectivity index (χ0) is 30.1. The number of carbonyl (C=O) groups is 1. The summed E-state index contributed by atoms with van der Waals surface area (Å²) in [5.41, 5.74) is 6.42. The van der Waals surface area contributed by atoms with E-state index in [2.05, 4.69) is 17.4 Å². The summed E-state index contributed by atoms with van der Waals surface area (Å²) in [7, 11) is 3.13. The third-order valence-corrected chi connectivity index (χ3v) is 7.24. The number of benzene rings is 3. The van der Waals surface area contributed by atoms with Crippen LogP contribution >= 0.6 is 23.2 Å². The normalized spacial score (nSPS) is 17.6. The van der Waals surface area contributed by atoms with Crippen LogP contribution in [-0.4, -0.2) is 49.9 Å². The fourth-order valence-corrected chi connectivity index (χ4v) is 5.06. The van der Waals surface area contributed by atoms with Crippen molar-refractivity contribution in [3.63, 3.8) is 0 Å². The van der Waals surface area contributed by atoms with Crippen molar-refractivity contribution in [1.82, 2.24) is 10.9 Å². The minimum Gasteiger partial charge on any atom is -0.494 e. The van der Waals surface area contributed by atoms with Crippen LogP contribution in [-0.2, 0) is 16.1 Å². The lowest BCUT2D eigenvalue weighted by atomic mass is 9.84. The molecule has 42 heavy (non-hydrogen) atoms. The van der Waals surface area contributed by atoms with Gasteiger partial charge in [0.2, 0.25) is 5.90 Å². The maximum Gasteiger partial charge on any atom is 0.266 e. The van der Waals surface area contributed by atoms with Gasteiger partial charge in [0.05, 0.1) is 20.8 Å². The molecule has 1 aliphatic heterocycles. The van der Waals surface area contributed by atoms with Crippen LogP contribution in [0, 0.1) is 0 Å². The second kappa shape index (κ2) is 14.4. The van der Waals surface area contributed by atoms with E-state index in [9.17, 15) is 4.79 Å². The van der Waals surface area contributed by atoms with E-state index in [0.29, 0.717) is 58.0 Å². The first kappa shape index (κ1) is 31.2. The Labute approximate surface area is 255 Å². The number of hydrogen-bond donors (Lipinski definition) is 3. The molecule has 0 bridgehead atoms. The number of hydrazine groups is 1. The first-order chi connectivity index (χ1) is 20.3. The highest BCUT2D eigenvalue weighted by Gasteiger charge is 2.53. The molecule has 0 aliphatic carbocycles. The van der Waals surface area contributed by atoms with Crippen LogP contribution in [0.5, 0.6) is 17.2 Å². The highest BCUT2D eigenvalue weighted by atomic mass is 35.5. The molecule has 1 heterocycles. The fraction of sp³-hybridized carbons (Fsp3) is 0.290. The van der Waals surface area contributed by atoms with Gasteiger partial charge in [0.15, 0.2) is 23.1 Å². The number of carbonyl (C=O) groups excluding carboxylic acids is 1. The topological polar surface area (TPSA) is 111 Å². The average molecular weight is 615 g/mol. The first-order valence-electron chi connectivity index (χ1n) is 13.3. The van der Waals surface area contributed by atoms with Gasteiger partial charge < -0.3 is 24.1 Å². The van der Waals surface area contributed by atoms with Crippen LogP contribution in [0.25, 0.3) is 0 Å². The number of aliphatic imine (C=N–C) groups is 1. The van der Waals surface area contributed by atoms with Crippen LogP contribution in [0.1, 0.15) is 35.6 Å². The zero-order valence-corrected chi connectivity index (χ0v) is 24.9. The van der Waals surface area contributed by atoms with E-state index in [-0.39, 0.29) is 18.9 Å². The van der Waals surface area contributed by atoms with Crippen molar-refractivity contribution < 1.29 is 28.8 Å². The second-order valence-electron chi connectivity index (χ2n) is 9.44. The van der Waals surface area contributed by atoms with Crippen molar-refractivity contribution >= 4 is 35.0 Å². The smallest absolute Gasteiger partial charge is 0.266 e. The van der Waals surface area contributed by atoms with Gasteiger partial charge >= 0.3 is 0 Å². The predicted molar refractivity (Wildman–Crippen MR) is 163 cm³/mol. The number of aliphatic hydroxyl groups is 1. The van der Waals surface area contributed by atoms with Gasteiger partial charge in [-0.05, 0) is 54.1 Å². The maximum atomic E-state index is 13.9. The van der Waals surface area contributed by atoms with Crippen molar-refractivity contribution in [3.05, 3.63) is 100 Å². The SMILES string of the molecule is C=CC[C@]1(C(=O)NNCc2ccc(OC)c(OC)c2)N=C(c2ccc(OCCCO)cc2)O[C@H]1c1ccc(Cl)cc1Cl. The molecule has 4 rings (SSSR count). The van der Waals surface area contributed by atoms with Crippen molar-refractivity contribution in [2.24, 2.45) is 4.99 Å². The van der Waals surface area contributed by atoms with E-state index in [0.717, 1.165) is 5.56 Å². The quantitative estimate of drug-likeness (QED) is 0.126. The Kier molecular flexibility index (Phi) is 10.7. The van der Waals surface area contributed by atoms with Gasteiger partial charge in [0.25, 0.3) is 5.91 Å². The molecule has 0 saturated carbocycles. The van der Waals surface area contributed by atoms with Crippen molar-refractivity contribution in [2.75, 3.05) is 27.4 Å². The number of halogens is 2. The van der Waals surface area contributed by atoms with Gasteiger partial charge in [-0.15, -0.1) is 6.58 Å². The number of amides is 1. The number of methoxy groups -OCH3 is 2. The first-order valence-corrected chi connectivity index (χ1v) is 14.0. The third kappa shape index (κ3) is 6.99. The van der Waals surface area contributed by atoms with Gasteiger partial charge in [-0.2, -0.15) is 0 Å². The second-order valence-corrected chi connectivity index (χ2v) is 10.3. The number of ether oxygens (including phenoxy) is 4. The highest BCUT2D eigenvalue weighted by Crippen LogP contribution is 2.45. The van der Waals surface area contributed by atoms with Gasteiger partial charge in [-0.3, -0.25) is 10.2 Å². The van der Waals surface area contributed by atoms with E-state index in [1.54, 1.807) is 68.8 Å². The summed E-state index contributed by atoms with van der Waals surface area (Å²) < 4.78 is 22.7. The lowest BCUT2D eigenvalue weighted by molar-refractivity contribution is -0.129. The lowest BCUT2D eigenvalue weighted by Gasteiger charge is -2.30. The molecular weight excluding hydrogens is 581 g/mol. The molecular formula is C31H33Cl2N3O6. The maximum absolute atomic E-state index is 13.9. The average Bonchev–Trinajstić information content (AvgIpc) is 3.37. The summed E-state index contributed by atoms with van der Waals surface area (Å²) in [4.78, 5) is 18.8. The van der Waals surface area contributed by atoms with E-state index >= 15 is 0 Å². The van der Waals surface area contributed by atoms with Gasteiger partial charge in [0, 0.05) is 47.2 Å². The zero-order valence-electron chi connectivity index (χ0n) is 23.4. The number of nitrogens with zero attached hydrogens (tertiary/aromatic N) is 1. The summed E-state index contributed by atoms with van der Waals surface area (Å²) in [5.74, 6) is 1.65. The molecule has 0 fully saturated rings. The third-order valence-electron chi connectivity index (χ3n) is 6.67. The monoisotopic (exact) mass is 613 g/mol. The van der Waals surface area contributed by atoms with E-state index in [4.69, 9.17) is 52.2 Å². The van der Waals surface area contributed by atoms with E-state index in [1.807, 2.05) is 12.1 Å². The highest BCUT2D eigenvalue weighted by molar-refractivity contribution is 6.35. The summed E-state index contributed by atoms with van der Waals surface area (Å²) >= 11 is 12.8. The Balaban J connectivity index is 1.62. The molecule has 3 aromatic rings. The van der Waals surface area contributed by atoms with Crippen LogP contribution in [0.3, 0.4) is 0 Å². The summed E-state index contributed by atoms with van der Waals surface area (Å²) in [5, 5.41) is 9.79. The largest absolute Gasteiger partial charge is 0.494 e. The molecule has 1 aliphatic rings. The summed E-state index contributed by atoms with van der Waals surface area (Å²) in [6, 6.07) is 17.6. The Bertz CT molecular complexity index is 1430. The minimum atomic E-state index is -1.44. The molecule has 0 radical (unpaired) electrons.